The fourth-order valence-electron chi connectivity index (χ4n) is 2.55. The average molecular weight is 378 g/mol. The lowest BCUT2D eigenvalue weighted by Crippen LogP contribution is -2.38. The van der Waals surface area contributed by atoms with Gasteiger partial charge < -0.3 is 10.6 Å². The van der Waals surface area contributed by atoms with Gasteiger partial charge in [-0.1, -0.05) is 24.3 Å². The Morgan fingerprint density at radius 3 is 2.20 bits per heavy atom. The molecule has 3 nitrogen and oxygen atoms in total. The molecule has 0 spiro atoms. The molecule has 0 atom stereocenters. The summed E-state index contributed by atoms with van der Waals surface area (Å²) < 4.78 is 1.15. The summed E-state index contributed by atoms with van der Waals surface area (Å²) in [5.41, 5.74) is 3.50. The van der Waals surface area contributed by atoms with E-state index in [4.69, 9.17) is 0 Å². The summed E-state index contributed by atoms with van der Waals surface area (Å²) in [4.78, 5) is 12.0. The average Bonchev–Trinajstić information content (AvgIpc) is 2.83. The fraction of sp³-hybridized carbons (Fsp3) is 0.188. The van der Waals surface area contributed by atoms with E-state index in [1.807, 2.05) is 36.4 Å². The number of carbonyl (C=O) groups is 1. The smallest absolute Gasteiger partial charge is 0.319 e. The summed E-state index contributed by atoms with van der Waals surface area (Å²) in [5.74, 6) is 0. The molecule has 0 fully saturated rings. The molecular weight excluding hydrogens is 363 g/mol. The van der Waals surface area contributed by atoms with Gasteiger partial charge in [0.15, 0.2) is 0 Å². The first kappa shape index (κ1) is 13.4. The minimum atomic E-state index is -0.135. The second-order valence-corrected chi connectivity index (χ2v) is 6.22. The van der Waals surface area contributed by atoms with Gasteiger partial charge in [0.25, 0.3) is 0 Å². The van der Waals surface area contributed by atoms with Crippen molar-refractivity contribution >= 4 is 34.3 Å². The summed E-state index contributed by atoms with van der Waals surface area (Å²) in [6.07, 6.45) is 1.83. The van der Waals surface area contributed by atoms with Crippen molar-refractivity contribution in [1.82, 2.24) is 5.32 Å². The van der Waals surface area contributed by atoms with Crippen molar-refractivity contribution in [3.05, 3.63) is 63.2 Å². The van der Waals surface area contributed by atoms with Crippen LogP contribution in [0, 0.1) is 3.57 Å². The topological polar surface area (TPSA) is 41.1 Å². The van der Waals surface area contributed by atoms with Crippen molar-refractivity contribution in [2.75, 3.05) is 5.32 Å². The lowest BCUT2D eigenvalue weighted by atomic mass is 10.1. The predicted molar refractivity (Wildman–Crippen MR) is 89.0 cm³/mol. The summed E-state index contributed by atoms with van der Waals surface area (Å²) in [6, 6.07) is 16.2. The molecule has 2 N–H and O–H groups in total. The zero-order valence-electron chi connectivity index (χ0n) is 10.9. The molecule has 0 aliphatic heterocycles. The monoisotopic (exact) mass is 378 g/mol. The Labute approximate surface area is 131 Å². The van der Waals surface area contributed by atoms with Gasteiger partial charge in [-0.25, -0.2) is 4.79 Å². The van der Waals surface area contributed by atoms with Crippen molar-refractivity contribution in [1.29, 1.82) is 0 Å². The highest BCUT2D eigenvalue weighted by atomic mass is 127. The first-order valence-corrected chi connectivity index (χ1v) is 7.68. The highest BCUT2D eigenvalue weighted by molar-refractivity contribution is 14.1. The maximum atomic E-state index is 12.0. The van der Waals surface area contributed by atoms with E-state index in [1.165, 1.54) is 11.1 Å². The third-order valence-corrected chi connectivity index (χ3v) is 4.21. The third-order valence-electron chi connectivity index (χ3n) is 3.49. The van der Waals surface area contributed by atoms with Crippen molar-refractivity contribution in [3.63, 3.8) is 0 Å². The summed E-state index contributed by atoms with van der Waals surface area (Å²) in [6.45, 7) is 0. The highest BCUT2D eigenvalue weighted by Gasteiger charge is 2.22. The maximum Gasteiger partial charge on any atom is 0.319 e. The minimum absolute atomic E-state index is 0.135. The molecule has 1 aliphatic rings. The summed E-state index contributed by atoms with van der Waals surface area (Å²) in [5, 5.41) is 5.91. The van der Waals surface area contributed by atoms with Crippen LogP contribution in [0.1, 0.15) is 11.1 Å². The SMILES string of the molecule is O=C(Nc1ccc(I)cc1)NC1Cc2ccccc2C1. The Morgan fingerprint density at radius 1 is 1.00 bits per heavy atom. The molecular formula is C16H15IN2O. The number of nitrogens with one attached hydrogen (secondary N) is 2. The van der Waals surface area contributed by atoms with E-state index in [0.29, 0.717) is 0 Å². The second kappa shape index (κ2) is 5.83. The van der Waals surface area contributed by atoms with Gasteiger partial charge in [0.2, 0.25) is 0 Å². The Morgan fingerprint density at radius 2 is 1.60 bits per heavy atom. The molecule has 2 aromatic rings. The molecule has 20 heavy (non-hydrogen) atoms. The second-order valence-electron chi connectivity index (χ2n) is 4.98. The first-order chi connectivity index (χ1) is 9.70. The molecule has 0 heterocycles. The van der Waals surface area contributed by atoms with Gasteiger partial charge in [0.05, 0.1) is 0 Å². The van der Waals surface area contributed by atoms with Gasteiger partial charge in [-0.15, -0.1) is 0 Å². The van der Waals surface area contributed by atoms with Crippen molar-refractivity contribution in [3.8, 4) is 0 Å². The molecule has 0 bridgehead atoms. The van der Waals surface area contributed by atoms with Crippen LogP contribution in [0.4, 0.5) is 10.5 Å². The molecule has 102 valence electrons. The van der Waals surface area contributed by atoms with Crippen LogP contribution in [0.3, 0.4) is 0 Å². The van der Waals surface area contributed by atoms with E-state index in [2.05, 4.69) is 45.4 Å². The number of fused-ring (bicyclic) bond motifs is 1. The Hall–Kier alpha value is -1.56. The van der Waals surface area contributed by atoms with Crippen LogP contribution >= 0.6 is 22.6 Å². The van der Waals surface area contributed by atoms with Crippen LogP contribution in [-0.2, 0) is 12.8 Å². The predicted octanol–water partition coefficient (Wildman–Crippen LogP) is 3.58. The number of urea groups is 1. The molecule has 2 aromatic carbocycles. The van der Waals surface area contributed by atoms with Crippen LogP contribution in [-0.4, -0.2) is 12.1 Å². The number of hydrogen-bond donors (Lipinski definition) is 2. The fourth-order valence-corrected chi connectivity index (χ4v) is 2.91. The number of rotatable bonds is 2. The van der Waals surface area contributed by atoms with Crippen LogP contribution in [0.5, 0.6) is 0 Å². The van der Waals surface area contributed by atoms with E-state index in [-0.39, 0.29) is 12.1 Å². The number of hydrogen-bond acceptors (Lipinski definition) is 1. The Balaban J connectivity index is 1.57. The van der Waals surface area contributed by atoms with E-state index in [0.717, 1.165) is 22.1 Å². The van der Waals surface area contributed by atoms with E-state index >= 15 is 0 Å². The number of amides is 2. The number of benzene rings is 2. The van der Waals surface area contributed by atoms with Gasteiger partial charge in [0.1, 0.15) is 0 Å². The quantitative estimate of drug-likeness (QED) is 0.771. The van der Waals surface area contributed by atoms with Gasteiger partial charge in [-0.05, 0) is 70.8 Å². The molecule has 0 aromatic heterocycles. The molecule has 4 heteroatoms. The molecule has 3 rings (SSSR count). The van der Waals surface area contributed by atoms with Crippen LogP contribution in [0.15, 0.2) is 48.5 Å². The van der Waals surface area contributed by atoms with Crippen LogP contribution in [0.25, 0.3) is 0 Å². The van der Waals surface area contributed by atoms with Crippen LogP contribution < -0.4 is 10.6 Å². The molecule has 0 saturated carbocycles. The van der Waals surface area contributed by atoms with Crippen molar-refractivity contribution in [2.45, 2.75) is 18.9 Å². The third kappa shape index (κ3) is 3.12. The number of anilines is 1. The number of halogens is 1. The van der Waals surface area contributed by atoms with E-state index < -0.39 is 0 Å². The molecule has 0 unspecified atom stereocenters. The number of carbonyl (C=O) groups excluding carboxylic acids is 1. The van der Waals surface area contributed by atoms with E-state index in [9.17, 15) is 4.79 Å². The van der Waals surface area contributed by atoms with E-state index in [1.54, 1.807) is 0 Å². The Bertz CT molecular complexity index is 600. The lowest BCUT2D eigenvalue weighted by Gasteiger charge is -2.13. The van der Waals surface area contributed by atoms with Crippen molar-refractivity contribution < 1.29 is 4.79 Å². The summed E-state index contributed by atoms with van der Waals surface area (Å²) >= 11 is 2.24. The van der Waals surface area contributed by atoms with Gasteiger partial charge in [-0.2, -0.15) is 0 Å². The summed E-state index contributed by atoms with van der Waals surface area (Å²) in [7, 11) is 0. The molecule has 1 aliphatic carbocycles. The molecule has 0 saturated heterocycles. The zero-order valence-corrected chi connectivity index (χ0v) is 13.1. The maximum absolute atomic E-state index is 12.0. The standard InChI is InChI=1S/C16H15IN2O/c17-13-5-7-14(8-6-13)18-16(20)19-15-9-11-3-1-2-4-12(11)10-15/h1-8,15H,9-10H2,(H2,18,19,20). The largest absolute Gasteiger partial charge is 0.334 e. The molecule has 0 radical (unpaired) electrons. The Kier molecular flexibility index (Phi) is 3.91. The van der Waals surface area contributed by atoms with Crippen LogP contribution in [0.2, 0.25) is 0 Å². The first-order valence-electron chi connectivity index (χ1n) is 6.60. The van der Waals surface area contributed by atoms with Gasteiger partial charge in [0, 0.05) is 15.3 Å². The zero-order chi connectivity index (χ0) is 13.9. The lowest BCUT2D eigenvalue weighted by molar-refractivity contribution is 0.249. The van der Waals surface area contributed by atoms with Gasteiger partial charge >= 0.3 is 6.03 Å². The normalized spacial score (nSPS) is 13.8. The highest BCUT2D eigenvalue weighted by Crippen LogP contribution is 2.21. The van der Waals surface area contributed by atoms with Gasteiger partial charge in [-0.3, -0.25) is 0 Å². The minimum Gasteiger partial charge on any atom is -0.334 e. The molecule has 2 amide bonds. The van der Waals surface area contributed by atoms with Crippen molar-refractivity contribution in [2.24, 2.45) is 0 Å².